The summed E-state index contributed by atoms with van der Waals surface area (Å²) in [6.45, 7) is -0.786. The summed E-state index contributed by atoms with van der Waals surface area (Å²) < 4.78 is 27.3. The maximum Gasteiger partial charge on any atom is 0.348 e. The Morgan fingerprint density at radius 1 is 1.28 bits per heavy atom. The number of benzene rings is 1. The first-order chi connectivity index (χ1) is 18.6. The Hall–Kier alpha value is -4.32. The Kier molecular flexibility index (Phi) is 6.81. The zero-order chi connectivity index (χ0) is 27.9. The van der Waals surface area contributed by atoms with E-state index in [4.69, 9.17) is 26.8 Å². The molecule has 4 aromatic rings. The first-order valence-corrected chi connectivity index (χ1v) is 11.5. The molecule has 3 aromatic heterocycles. The number of aromatic nitrogens is 8. The number of nitrogens with two attached hydrogens (primary N) is 1. The van der Waals surface area contributed by atoms with E-state index in [9.17, 15) is 24.9 Å². The molecule has 1 fully saturated rings. The monoisotopic (exact) mass is 563 g/mol. The smallest absolute Gasteiger partial charge is 0.348 e. The summed E-state index contributed by atoms with van der Waals surface area (Å²) in [7, 11) is 0. The van der Waals surface area contributed by atoms with Gasteiger partial charge in [-0.15, -0.1) is 10.2 Å². The molecule has 0 bridgehead atoms. The van der Waals surface area contributed by atoms with Crippen LogP contribution in [0.4, 0.5) is 10.2 Å². The van der Waals surface area contributed by atoms with Gasteiger partial charge in [-0.05, 0) is 28.4 Å². The fourth-order valence-electron chi connectivity index (χ4n) is 4.20. The van der Waals surface area contributed by atoms with Crippen LogP contribution in [0.25, 0.3) is 22.6 Å². The minimum absolute atomic E-state index is 0.0285. The molecule has 0 unspecified atom stereocenters. The number of aromatic amines is 1. The van der Waals surface area contributed by atoms with Crippen LogP contribution < -0.4 is 5.73 Å². The summed E-state index contributed by atoms with van der Waals surface area (Å²) in [6, 6.07) is 6.14. The second-order valence-electron chi connectivity index (χ2n) is 8.56. The maximum absolute atomic E-state index is 15.1. The number of tetrazole rings is 1. The number of hydrogen-bond donors (Lipinski definition) is 5. The van der Waals surface area contributed by atoms with Gasteiger partial charge in [-0.3, -0.25) is 4.57 Å². The van der Waals surface area contributed by atoms with Crippen LogP contribution in [0, 0.1) is 0 Å². The van der Waals surface area contributed by atoms with Crippen LogP contribution in [0.15, 0.2) is 30.6 Å². The summed E-state index contributed by atoms with van der Waals surface area (Å²) in [6.07, 6.45) is -6.28. The minimum atomic E-state index is -2.81. The number of fused-ring (bicyclic) bond motifs is 1. The number of nitrogen functional groups attached to an aromatic ring is 1. The number of H-pyrrole nitrogens is 1. The Labute approximate surface area is 221 Å². The fourth-order valence-corrected chi connectivity index (χ4v) is 4.37. The summed E-state index contributed by atoms with van der Waals surface area (Å²) in [5.41, 5.74) is 3.81. The van der Waals surface area contributed by atoms with Gasteiger partial charge in [-0.2, -0.15) is 15.2 Å². The lowest BCUT2D eigenvalue weighted by molar-refractivity contribution is -0.190. The van der Waals surface area contributed by atoms with Crippen molar-refractivity contribution in [3.63, 3.8) is 0 Å². The maximum atomic E-state index is 15.1. The van der Waals surface area contributed by atoms with Gasteiger partial charge < -0.3 is 30.5 Å². The van der Waals surface area contributed by atoms with E-state index in [-0.39, 0.29) is 33.7 Å². The number of halogens is 2. The van der Waals surface area contributed by atoms with Gasteiger partial charge in [0.15, 0.2) is 23.9 Å². The number of aliphatic hydroxyl groups is 1. The van der Waals surface area contributed by atoms with Crippen LogP contribution in [0.5, 0.6) is 0 Å². The average Bonchev–Trinajstić information content (AvgIpc) is 3.63. The molecule has 0 radical (unpaired) electrons. The van der Waals surface area contributed by atoms with Crippen molar-refractivity contribution >= 4 is 40.5 Å². The molecule has 1 aliphatic heterocycles. The summed E-state index contributed by atoms with van der Waals surface area (Å²) >= 11 is 5.85. The Bertz CT molecular complexity index is 1520. The normalized spacial score (nSPS) is 21.4. The van der Waals surface area contributed by atoms with E-state index >= 15 is 4.39 Å². The molecule has 204 valence electrons. The SMILES string of the molecule is Nc1nc(Cl)nc2c1ncn2[C@@H]1O[C@H](COC(Cc2cccc(-c3nn[nH]n3)c2)(C(=O)O)C(=O)O)[C@@H](O)[C@@H]1F. The van der Waals surface area contributed by atoms with E-state index in [1.54, 1.807) is 12.1 Å². The first kappa shape index (κ1) is 26.3. The lowest BCUT2D eigenvalue weighted by Crippen LogP contribution is -2.52. The highest BCUT2D eigenvalue weighted by molar-refractivity contribution is 6.28. The van der Waals surface area contributed by atoms with E-state index in [1.807, 2.05) is 0 Å². The van der Waals surface area contributed by atoms with Crippen LogP contribution in [-0.2, 0) is 25.5 Å². The molecular weight excluding hydrogens is 545 g/mol. The number of nitrogens with one attached hydrogen (secondary N) is 1. The number of nitrogens with zero attached hydrogens (tertiary/aromatic N) is 7. The van der Waals surface area contributed by atoms with E-state index in [1.165, 1.54) is 12.1 Å². The van der Waals surface area contributed by atoms with Gasteiger partial charge >= 0.3 is 11.9 Å². The zero-order valence-electron chi connectivity index (χ0n) is 19.5. The summed E-state index contributed by atoms with van der Waals surface area (Å²) in [5.74, 6) is -3.49. The van der Waals surface area contributed by atoms with E-state index in [0.717, 1.165) is 10.9 Å². The molecule has 1 saturated heterocycles. The molecular formula is C21H19ClFN9O7. The van der Waals surface area contributed by atoms with E-state index in [0.29, 0.717) is 5.56 Å². The molecule has 0 amide bonds. The number of imidazole rings is 1. The van der Waals surface area contributed by atoms with E-state index in [2.05, 4.69) is 35.6 Å². The van der Waals surface area contributed by atoms with Crippen LogP contribution in [0.3, 0.4) is 0 Å². The Morgan fingerprint density at radius 2 is 2.05 bits per heavy atom. The minimum Gasteiger partial charge on any atom is -0.479 e. The van der Waals surface area contributed by atoms with Crippen molar-refractivity contribution in [1.29, 1.82) is 0 Å². The van der Waals surface area contributed by atoms with Crippen molar-refractivity contribution in [3.8, 4) is 11.4 Å². The molecule has 1 aliphatic rings. The number of anilines is 1. The molecule has 39 heavy (non-hydrogen) atoms. The fraction of sp³-hybridized carbons (Fsp3) is 0.333. The van der Waals surface area contributed by atoms with Crippen molar-refractivity contribution < 1.29 is 38.8 Å². The molecule has 4 atom stereocenters. The standard InChI is InChI=1S/C21H19ClFN9O7/c22-20-26-14(24)12-16(27-20)32(7-25-12)17-11(23)13(33)10(39-17)6-38-21(18(34)35,19(36)37)5-8-2-1-3-9(4-8)15-28-30-31-29-15/h1-4,7,10-11,13,17,33H,5-6H2,(H,34,35)(H,36,37)(H2,24,26,27)(H,28,29,30,31)/t10-,11+,13-,17-/m1/s1. The van der Waals surface area contributed by atoms with Gasteiger partial charge in [0, 0.05) is 12.0 Å². The van der Waals surface area contributed by atoms with Crippen LogP contribution in [0.2, 0.25) is 5.28 Å². The number of carbonyl (C=O) groups is 2. The van der Waals surface area contributed by atoms with E-state index < -0.39 is 55.2 Å². The number of rotatable bonds is 9. The number of carboxylic acids is 2. The van der Waals surface area contributed by atoms with Crippen molar-refractivity contribution in [2.75, 3.05) is 12.3 Å². The highest BCUT2D eigenvalue weighted by Crippen LogP contribution is 2.35. The van der Waals surface area contributed by atoms with Gasteiger partial charge in [0.2, 0.25) is 11.1 Å². The van der Waals surface area contributed by atoms with Crippen molar-refractivity contribution in [1.82, 2.24) is 40.1 Å². The van der Waals surface area contributed by atoms with Crippen molar-refractivity contribution in [2.24, 2.45) is 0 Å². The van der Waals surface area contributed by atoms with Gasteiger partial charge in [0.25, 0.3) is 5.60 Å². The van der Waals surface area contributed by atoms with Gasteiger partial charge in [0.1, 0.15) is 17.7 Å². The van der Waals surface area contributed by atoms with Crippen molar-refractivity contribution in [3.05, 3.63) is 41.4 Å². The van der Waals surface area contributed by atoms with Gasteiger partial charge in [-0.25, -0.2) is 19.0 Å². The number of aliphatic carboxylic acids is 2. The number of aliphatic hydroxyl groups excluding tert-OH is 1. The molecule has 6 N–H and O–H groups in total. The van der Waals surface area contributed by atoms with Gasteiger partial charge in [0.05, 0.1) is 12.9 Å². The molecule has 5 rings (SSSR count). The van der Waals surface area contributed by atoms with Crippen molar-refractivity contribution in [2.45, 2.75) is 36.6 Å². The Morgan fingerprint density at radius 3 is 2.74 bits per heavy atom. The molecule has 1 aromatic carbocycles. The second-order valence-corrected chi connectivity index (χ2v) is 8.90. The number of hydrogen-bond acceptors (Lipinski definition) is 12. The molecule has 18 heteroatoms. The highest BCUT2D eigenvalue weighted by atomic mass is 35.5. The molecule has 16 nitrogen and oxygen atoms in total. The van der Waals surface area contributed by atoms with Gasteiger partial charge in [-0.1, -0.05) is 18.2 Å². The van der Waals surface area contributed by atoms with Crippen LogP contribution in [-0.4, -0.2) is 98.0 Å². The van der Waals surface area contributed by atoms with Crippen LogP contribution in [0.1, 0.15) is 11.8 Å². The average molecular weight is 564 g/mol. The zero-order valence-corrected chi connectivity index (χ0v) is 20.3. The topological polar surface area (TPSA) is 237 Å². The Balaban J connectivity index is 1.38. The first-order valence-electron chi connectivity index (χ1n) is 11.2. The predicted molar refractivity (Wildman–Crippen MR) is 127 cm³/mol. The summed E-state index contributed by atoms with van der Waals surface area (Å²) in [4.78, 5) is 36.2. The molecule has 0 aliphatic carbocycles. The number of alkyl halides is 1. The third kappa shape index (κ3) is 4.71. The third-order valence-electron chi connectivity index (χ3n) is 6.16. The largest absolute Gasteiger partial charge is 0.479 e. The lowest BCUT2D eigenvalue weighted by Gasteiger charge is -2.27. The summed E-state index contributed by atoms with van der Waals surface area (Å²) in [5, 5.41) is 43.5. The number of carboxylic acid groups (broad SMARTS) is 2. The second kappa shape index (κ2) is 10.1. The van der Waals surface area contributed by atoms with Crippen LogP contribution >= 0.6 is 11.6 Å². The lowest BCUT2D eigenvalue weighted by atomic mass is 9.93. The predicted octanol–water partition coefficient (Wildman–Crippen LogP) is 0.00570. The quantitative estimate of drug-likeness (QED) is 0.133. The molecule has 0 saturated carbocycles. The third-order valence-corrected chi connectivity index (χ3v) is 6.33. The molecule has 0 spiro atoms. The number of ether oxygens (including phenoxy) is 2. The molecule has 4 heterocycles. The highest BCUT2D eigenvalue weighted by Gasteiger charge is 2.52.